The Labute approximate surface area is 162 Å². The SMILES string of the molecule is O=C(Cc1cccc(OCCO)c1)NC(Cc1coc2ccccc12)B(O)O. The third kappa shape index (κ3) is 5.13. The quantitative estimate of drug-likeness (QED) is 0.412. The van der Waals surface area contributed by atoms with E-state index in [9.17, 15) is 14.8 Å². The molecule has 0 aliphatic rings. The first-order chi connectivity index (χ1) is 13.6. The maximum Gasteiger partial charge on any atom is 0.475 e. The number of rotatable bonds is 9. The lowest BCUT2D eigenvalue weighted by Gasteiger charge is -2.17. The van der Waals surface area contributed by atoms with Crippen molar-refractivity contribution in [2.45, 2.75) is 18.8 Å². The maximum absolute atomic E-state index is 12.4. The zero-order valence-electron chi connectivity index (χ0n) is 15.2. The summed E-state index contributed by atoms with van der Waals surface area (Å²) in [6.07, 6.45) is 1.85. The first kappa shape index (κ1) is 19.9. The number of benzene rings is 2. The van der Waals surface area contributed by atoms with E-state index < -0.39 is 13.1 Å². The highest BCUT2D eigenvalue weighted by molar-refractivity contribution is 6.43. The fourth-order valence-electron chi connectivity index (χ4n) is 3.01. The predicted octanol–water partition coefficient (Wildman–Crippen LogP) is 1.09. The summed E-state index contributed by atoms with van der Waals surface area (Å²) >= 11 is 0. The second-order valence-electron chi connectivity index (χ2n) is 6.45. The molecule has 1 atom stereocenters. The van der Waals surface area contributed by atoms with Crippen LogP contribution >= 0.6 is 0 Å². The van der Waals surface area contributed by atoms with Crippen LogP contribution in [0.2, 0.25) is 0 Å². The van der Waals surface area contributed by atoms with Gasteiger partial charge >= 0.3 is 7.12 Å². The Morgan fingerprint density at radius 2 is 2.00 bits per heavy atom. The molecule has 3 rings (SSSR count). The summed E-state index contributed by atoms with van der Waals surface area (Å²) in [5.74, 6) is -0.657. The largest absolute Gasteiger partial charge is 0.491 e. The van der Waals surface area contributed by atoms with Crippen molar-refractivity contribution in [3.05, 3.63) is 65.9 Å². The first-order valence-electron chi connectivity index (χ1n) is 9.00. The van der Waals surface area contributed by atoms with Crippen molar-refractivity contribution in [2.24, 2.45) is 0 Å². The van der Waals surface area contributed by atoms with Gasteiger partial charge in [0.25, 0.3) is 0 Å². The number of hydrogen-bond donors (Lipinski definition) is 4. The number of para-hydroxylation sites is 1. The Kier molecular flexibility index (Phi) is 6.70. The van der Waals surface area contributed by atoms with Crippen LogP contribution in [0.15, 0.2) is 59.2 Å². The van der Waals surface area contributed by atoms with Gasteiger partial charge in [0.15, 0.2) is 0 Å². The number of nitrogens with one attached hydrogen (secondary N) is 1. The molecule has 1 amide bonds. The fraction of sp³-hybridized carbons (Fsp3) is 0.250. The molecular weight excluding hydrogens is 361 g/mol. The van der Waals surface area contributed by atoms with Gasteiger partial charge in [-0.05, 0) is 35.7 Å². The molecule has 146 valence electrons. The summed E-state index contributed by atoms with van der Waals surface area (Å²) < 4.78 is 10.8. The second-order valence-corrected chi connectivity index (χ2v) is 6.45. The first-order valence-corrected chi connectivity index (χ1v) is 9.00. The average molecular weight is 383 g/mol. The molecule has 3 aromatic rings. The second kappa shape index (κ2) is 9.41. The van der Waals surface area contributed by atoms with Crippen molar-refractivity contribution in [1.29, 1.82) is 0 Å². The average Bonchev–Trinajstić information content (AvgIpc) is 3.09. The van der Waals surface area contributed by atoms with Gasteiger partial charge in [0, 0.05) is 5.39 Å². The van der Waals surface area contributed by atoms with Crippen LogP contribution < -0.4 is 10.1 Å². The summed E-state index contributed by atoms with van der Waals surface area (Å²) in [4.78, 5) is 12.4. The summed E-state index contributed by atoms with van der Waals surface area (Å²) in [6.45, 7) is 0.0799. The van der Waals surface area contributed by atoms with Crippen LogP contribution in [0.25, 0.3) is 11.0 Å². The van der Waals surface area contributed by atoms with Crippen molar-refractivity contribution < 1.29 is 29.1 Å². The molecule has 2 aromatic carbocycles. The standard InChI is InChI=1S/C20H22BNO6/c23-8-9-27-16-5-3-4-14(10-16)11-20(24)22-19(21(25)26)12-15-13-28-18-7-2-1-6-17(15)18/h1-7,10,13,19,23,25-26H,8-9,11-12H2,(H,22,24). The van der Waals surface area contributed by atoms with Gasteiger partial charge in [0.2, 0.25) is 5.91 Å². The highest BCUT2D eigenvalue weighted by Crippen LogP contribution is 2.22. The van der Waals surface area contributed by atoms with Crippen LogP contribution in [0.1, 0.15) is 11.1 Å². The van der Waals surface area contributed by atoms with Gasteiger partial charge in [-0.1, -0.05) is 30.3 Å². The minimum Gasteiger partial charge on any atom is -0.491 e. The van der Waals surface area contributed by atoms with E-state index in [1.165, 1.54) is 0 Å². The van der Waals surface area contributed by atoms with E-state index in [0.717, 1.165) is 10.9 Å². The fourth-order valence-corrected chi connectivity index (χ4v) is 3.01. The number of carbonyl (C=O) groups excluding carboxylic acids is 1. The number of amides is 1. The molecule has 0 spiro atoms. The molecule has 8 heteroatoms. The van der Waals surface area contributed by atoms with Gasteiger partial charge in [-0.3, -0.25) is 4.79 Å². The number of carbonyl (C=O) groups is 1. The zero-order valence-corrected chi connectivity index (χ0v) is 15.2. The van der Waals surface area contributed by atoms with E-state index in [2.05, 4.69) is 5.32 Å². The molecule has 1 aromatic heterocycles. The third-order valence-corrected chi connectivity index (χ3v) is 4.33. The molecule has 0 aliphatic carbocycles. The molecule has 0 radical (unpaired) electrons. The molecule has 0 aliphatic heterocycles. The molecule has 0 saturated carbocycles. The molecular formula is C20H22BNO6. The van der Waals surface area contributed by atoms with Crippen molar-refractivity contribution in [1.82, 2.24) is 5.32 Å². The van der Waals surface area contributed by atoms with Crippen molar-refractivity contribution in [3.63, 3.8) is 0 Å². The van der Waals surface area contributed by atoms with E-state index in [1.54, 1.807) is 30.5 Å². The van der Waals surface area contributed by atoms with Crippen LogP contribution in [-0.2, 0) is 17.6 Å². The normalized spacial score (nSPS) is 12.0. The summed E-state index contributed by atoms with van der Waals surface area (Å²) in [5.41, 5.74) is 2.20. The van der Waals surface area contributed by atoms with Crippen LogP contribution in [-0.4, -0.2) is 47.3 Å². The zero-order chi connectivity index (χ0) is 19.9. The maximum atomic E-state index is 12.4. The van der Waals surface area contributed by atoms with E-state index in [-0.39, 0.29) is 32.0 Å². The van der Waals surface area contributed by atoms with Crippen LogP contribution in [0.4, 0.5) is 0 Å². The Balaban J connectivity index is 1.65. The minimum absolute atomic E-state index is 0.0612. The number of ether oxygens (including phenoxy) is 1. The molecule has 0 bridgehead atoms. The number of hydrogen-bond acceptors (Lipinski definition) is 6. The molecule has 4 N–H and O–H groups in total. The Morgan fingerprint density at radius 1 is 1.18 bits per heavy atom. The van der Waals surface area contributed by atoms with E-state index in [1.807, 2.05) is 24.3 Å². The highest BCUT2D eigenvalue weighted by Gasteiger charge is 2.27. The predicted molar refractivity (Wildman–Crippen MR) is 105 cm³/mol. The lowest BCUT2D eigenvalue weighted by Crippen LogP contribution is -2.48. The van der Waals surface area contributed by atoms with Gasteiger partial charge in [-0.15, -0.1) is 0 Å². The van der Waals surface area contributed by atoms with Gasteiger partial charge in [-0.25, -0.2) is 0 Å². The van der Waals surface area contributed by atoms with E-state index in [0.29, 0.717) is 16.9 Å². The molecule has 28 heavy (non-hydrogen) atoms. The van der Waals surface area contributed by atoms with Gasteiger partial charge in [0.05, 0.1) is 25.2 Å². The van der Waals surface area contributed by atoms with Gasteiger partial charge in [-0.2, -0.15) is 0 Å². The van der Waals surface area contributed by atoms with Crippen LogP contribution in [0.5, 0.6) is 5.75 Å². The number of furan rings is 1. The summed E-state index contributed by atoms with van der Waals surface area (Å²) in [6, 6.07) is 14.4. The number of fused-ring (bicyclic) bond motifs is 1. The smallest absolute Gasteiger partial charge is 0.475 e. The summed E-state index contributed by atoms with van der Waals surface area (Å²) in [7, 11) is -1.71. The Hall–Kier alpha value is -2.81. The Bertz CT molecular complexity index is 926. The number of aliphatic hydroxyl groups excluding tert-OH is 1. The lowest BCUT2D eigenvalue weighted by atomic mass is 9.75. The third-order valence-electron chi connectivity index (χ3n) is 4.33. The van der Waals surface area contributed by atoms with E-state index >= 15 is 0 Å². The van der Waals surface area contributed by atoms with Crippen molar-refractivity contribution in [2.75, 3.05) is 13.2 Å². The van der Waals surface area contributed by atoms with Crippen molar-refractivity contribution in [3.8, 4) is 5.75 Å². The molecule has 0 fully saturated rings. The van der Waals surface area contributed by atoms with Crippen LogP contribution in [0.3, 0.4) is 0 Å². The van der Waals surface area contributed by atoms with E-state index in [4.69, 9.17) is 14.3 Å². The molecule has 0 saturated heterocycles. The highest BCUT2D eigenvalue weighted by atomic mass is 16.5. The monoisotopic (exact) mass is 383 g/mol. The minimum atomic E-state index is -1.71. The van der Waals surface area contributed by atoms with Gasteiger partial charge in [0.1, 0.15) is 17.9 Å². The lowest BCUT2D eigenvalue weighted by molar-refractivity contribution is -0.120. The molecule has 1 heterocycles. The topological polar surface area (TPSA) is 112 Å². The number of aliphatic hydroxyl groups is 1. The van der Waals surface area contributed by atoms with Gasteiger partial charge < -0.3 is 29.6 Å². The van der Waals surface area contributed by atoms with Crippen LogP contribution in [0, 0.1) is 0 Å². The van der Waals surface area contributed by atoms with Crippen molar-refractivity contribution >= 4 is 24.0 Å². The Morgan fingerprint density at radius 3 is 2.79 bits per heavy atom. The molecule has 1 unspecified atom stereocenters. The molecule has 7 nitrogen and oxygen atoms in total. The summed E-state index contributed by atoms with van der Waals surface area (Å²) in [5, 5.41) is 31.8.